The highest BCUT2D eigenvalue weighted by molar-refractivity contribution is 6.00. The summed E-state index contributed by atoms with van der Waals surface area (Å²) in [7, 11) is 0. The van der Waals surface area contributed by atoms with Crippen molar-refractivity contribution in [3.05, 3.63) is 67.1 Å². The van der Waals surface area contributed by atoms with E-state index in [-0.39, 0.29) is 0 Å². The average Bonchev–Trinajstić information content (AvgIpc) is 3.31. The Kier molecular flexibility index (Phi) is 6.34. The van der Waals surface area contributed by atoms with Gasteiger partial charge in [0, 0.05) is 36.4 Å². The van der Waals surface area contributed by atoms with Gasteiger partial charge in [-0.25, -0.2) is 9.97 Å². The van der Waals surface area contributed by atoms with Gasteiger partial charge in [-0.2, -0.15) is 0 Å². The number of nitrogen functional groups attached to an aromatic ring is 1. The van der Waals surface area contributed by atoms with Crippen molar-refractivity contribution in [1.29, 1.82) is 0 Å². The van der Waals surface area contributed by atoms with E-state index in [4.69, 9.17) is 16.2 Å². The molecule has 1 aliphatic carbocycles. The predicted molar refractivity (Wildman–Crippen MR) is 144 cm³/mol. The maximum absolute atomic E-state index is 6.39. The van der Waals surface area contributed by atoms with Crippen LogP contribution in [0.25, 0.3) is 22.2 Å². The van der Waals surface area contributed by atoms with Crippen LogP contribution in [0.15, 0.2) is 67.1 Å². The van der Waals surface area contributed by atoms with Crippen molar-refractivity contribution in [2.24, 2.45) is 5.73 Å². The zero-order valence-electron chi connectivity index (χ0n) is 20.6. The summed E-state index contributed by atoms with van der Waals surface area (Å²) in [5.41, 5.74) is 15.7. The number of hydrogen-bond donors (Lipinski definition) is 2. The van der Waals surface area contributed by atoms with Crippen molar-refractivity contribution in [2.75, 3.05) is 18.8 Å². The van der Waals surface area contributed by atoms with Crippen molar-refractivity contribution in [2.45, 2.75) is 56.7 Å². The number of rotatable bonds is 5. The van der Waals surface area contributed by atoms with Gasteiger partial charge in [-0.1, -0.05) is 30.3 Å². The van der Waals surface area contributed by atoms with Gasteiger partial charge in [-0.05, 0) is 74.9 Å². The second-order valence-corrected chi connectivity index (χ2v) is 10.2. The number of likely N-dealkylation sites (tertiary alicyclic amines) is 1. The SMILES string of the molecule is Nc1ncnc2c1c(-c1ccc(Oc3ccccc3)cc1)cn2C1CCC(N2CCCC(N)C2)CC1. The Hall–Kier alpha value is -3.42. The second kappa shape index (κ2) is 9.91. The zero-order valence-corrected chi connectivity index (χ0v) is 20.6. The Morgan fingerprint density at radius 2 is 1.56 bits per heavy atom. The lowest BCUT2D eigenvalue weighted by Gasteiger charge is -2.41. The monoisotopic (exact) mass is 482 g/mol. The third-order valence-corrected chi connectivity index (χ3v) is 7.85. The minimum absolute atomic E-state index is 0.330. The molecule has 1 saturated heterocycles. The Labute approximate surface area is 212 Å². The number of para-hydroxylation sites is 1. The molecule has 6 rings (SSSR count). The molecular formula is C29H34N6O. The Morgan fingerprint density at radius 3 is 2.31 bits per heavy atom. The highest BCUT2D eigenvalue weighted by Crippen LogP contribution is 2.39. The van der Waals surface area contributed by atoms with Gasteiger partial charge in [-0.15, -0.1) is 0 Å². The van der Waals surface area contributed by atoms with E-state index in [1.54, 1.807) is 6.33 Å². The van der Waals surface area contributed by atoms with Gasteiger partial charge in [-0.3, -0.25) is 4.90 Å². The van der Waals surface area contributed by atoms with Crippen LogP contribution in [-0.2, 0) is 0 Å². The van der Waals surface area contributed by atoms with Gasteiger partial charge < -0.3 is 20.8 Å². The van der Waals surface area contributed by atoms with Crippen LogP contribution in [0.3, 0.4) is 0 Å². The molecule has 0 amide bonds. The summed E-state index contributed by atoms with van der Waals surface area (Å²) < 4.78 is 8.32. The van der Waals surface area contributed by atoms with Crippen molar-refractivity contribution in [1.82, 2.24) is 19.4 Å². The molecule has 1 unspecified atom stereocenters. The minimum Gasteiger partial charge on any atom is -0.457 e. The summed E-state index contributed by atoms with van der Waals surface area (Å²) in [4.78, 5) is 11.6. The van der Waals surface area contributed by atoms with E-state index >= 15 is 0 Å². The number of nitrogens with zero attached hydrogens (tertiary/aromatic N) is 4. The molecule has 3 heterocycles. The zero-order chi connectivity index (χ0) is 24.5. The first-order valence-electron chi connectivity index (χ1n) is 13.1. The lowest BCUT2D eigenvalue weighted by Crippen LogP contribution is -2.48. The van der Waals surface area contributed by atoms with Crippen LogP contribution in [0.5, 0.6) is 11.5 Å². The second-order valence-electron chi connectivity index (χ2n) is 10.2. The van der Waals surface area contributed by atoms with E-state index in [0.29, 0.717) is 23.9 Å². The summed E-state index contributed by atoms with van der Waals surface area (Å²) in [5.74, 6) is 2.14. The first-order valence-corrected chi connectivity index (χ1v) is 13.1. The molecule has 0 spiro atoms. The summed E-state index contributed by atoms with van der Waals surface area (Å²) in [6.45, 7) is 2.23. The fourth-order valence-corrected chi connectivity index (χ4v) is 6.01. The molecule has 36 heavy (non-hydrogen) atoms. The topological polar surface area (TPSA) is 95.2 Å². The number of aromatic nitrogens is 3. The molecule has 2 aromatic heterocycles. The Bertz CT molecular complexity index is 1310. The minimum atomic E-state index is 0.330. The van der Waals surface area contributed by atoms with Crippen LogP contribution in [0, 0.1) is 0 Å². The van der Waals surface area contributed by atoms with E-state index in [9.17, 15) is 0 Å². The molecule has 0 bridgehead atoms. The summed E-state index contributed by atoms with van der Waals surface area (Å²) in [6.07, 6.45) is 10.8. The molecule has 7 heteroatoms. The van der Waals surface area contributed by atoms with E-state index < -0.39 is 0 Å². The number of piperidine rings is 1. The first kappa shape index (κ1) is 23.0. The van der Waals surface area contributed by atoms with Crippen molar-refractivity contribution < 1.29 is 4.74 Å². The number of nitrogens with two attached hydrogens (primary N) is 2. The van der Waals surface area contributed by atoms with Gasteiger partial charge in [0.25, 0.3) is 0 Å². The molecule has 1 saturated carbocycles. The molecule has 7 nitrogen and oxygen atoms in total. The number of benzene rings is 2. The van der Waals surface area contributed by atoms with Crippen LogP contribution in [0.2, 0.25) is 0 Å². The third kappa shape index (κ3) is 4.56. The third-order valence-electron chi connectivity index (χ3n) is 7.85. The van der Waals surface area contributed by atoms with Crippen LogP contribution in [0.1, 0.15) is 44.6 Å². The van der Waals surface area contributed by atoms with Crippen molar-refractivity contribution in [3.8, 4) is 22.6 Å². The molecule has 1 atom stereocenters. The molecular weight excluding hydrogens is 448 g/mol. The summed E-state index contributed by atoms with van der Waals surface area (Å²) in [6, 6.07) is 19.4. The van der Waals surface area contributed by atoms with E-state index in [1.807, 2.05) is 42.5 Å². The van der Waals surface area contributed by atoms with Crippen LogP contribution in [-0.4, -0.2) is 44.6 Å². The maximum Gasteiger partial charge on any atom is 0.146 e. The van der Waals surface area contributed by atoms with Crippen molar-refractivity contribution in [3.63, 3.8) is 0 Å². The summed E-state index contributed by atoms with van der Waals surface area (Å²) >= 11 is 0. The molecule has 4 N–H and O–H groups in total. The number of anilines is 1. The van der Waals surface area contributed by atoms with Crippen LogP contribution in [0.4, 0.5) is 5.82 Å². The lowest BCUT2D eigenvalue weighted by molar-refractivity contribution is 0.107. The van der Waals surface area contributed by atoms with E-state index in [2.05, 4.69) is 37.8 Å². The largest absolute Gasteiger partial charge is 0.457 e. The van der Waals surface area contributed by atoms with Gasteiger partial charge in [0.2, 0.25) is 0 Å². The molecule has 186 valence electrons. The highest BCUT2D eigenvalue weighted by atomic mass is 16.5. The standard InChI is InChI=1S/C29H34N6O/c30-21-5-4-16-34(17-21)22-10-12-23(13-11-22)35-18-26(27-28(31)32-19-33-29(27)35)20-8-14-25(15-9-20)36-24-6-2-1-3-7-24/h1-3,6-9,14-15,18-19,21-23H,4-5,10-13,16-17,30H2,(H2,31,32,33). The number of hydrogen-bond acceptors (Lipinski definition) is 6. The maximum atomic E-state index is 6.39. The van der Waals surface area contributed by atoms with Gasteiger partial charge >= 0.3 is 0 Å². The molecule has 2 aromatic carbocycles. The smallest absolute Gasteiger partial charge is 0.146 e. The molecule has 2 fully saturated rings. The average molecular weight is 483 g/mol. The van der Waals surface area contributed by atoms with Crippen LogP contribution < -0.4 is 16.2 Å². The van der Waals surface area contributed by atoms with Gasteiger partial charge in [0.05, 0.1) is 5.39 Å². The molecule has 2 aliphatic rings. The Morgan fingerprint density at radius 1 is 0.833 bits per heavy atom. The fourth-order valence-electron chi connectivity index (χ4n) is 6.01. The highest BCUT2D eigenvalue weighted by Gasteiger charge is 2.30. The quantitative estimate of drug-likeness (QED) is 0.397. The molecule has 4 aromatic rings. The normalized spacial score (nSPS) is 23.1. The molecule has 0 radical (unpaired) electrons. The van der Waals surface area contributed by atoms with Crippen LogP contribution >= 0.6 is 0 Å². The number of fused-ring (bicyclic) bond motifs is 1. The lowest BCUT2D eigenvalue weighted by atomic mass is 9.88. The number of ether oxygens (including phenoxy) is 1. The summed E-state index contributed by atoms with van der Waals surface area (Å²) in [5, 5.41) is 0.929. The van der Waals surface area contributed by atoms with E-state index in [0.717, 1.165) is 59.5 Å². The Balaban J connectivity index is 1.25. The first-order chi connectivity index (χ1) is 17.7. The molecule has 1 aliphatic heterocycles. The predicted octanol–water partition coefficient (Wildman–Crippen LogP) is 5.38. The fraction of sp³-hybridized carbons (Fsp3) is 0.379. The van der Waals surface area contributed by atoms with E-state index in [1.165, 1.54) is 25.8 Å². The van der Waals surface area contributed by atoms with Gasteiger partial charge in [0.1, 0.15) is 29.3 Å². The van der Waals surface area contributed by atoms with Gasteiger partial charge in [0.15, 0.2) is 0 Å². The van der Waals surface area contributed by atoms with Crippen molar-refractivity contribution >= 4 is 16.9 Å².